The van der Waals surface area contributed by atoms with Gasteiger partial charge in [-0.25, -0.2) is 4.98 Å². The van der Waals surface area contributed by atoms with Gasteiger partial charge in [0.2, 0.25) is 5.91 Å². The lowest BCUT2D eigenvalue weighted by atomic mass is 9.98. The van der Waals surface area contributed by atoms with Gasteiger partial charge >= 0.3 is 0 Å². The van der Waals surface area contributed by atoms with Crippen molar-refractivity contribution in [1.82, 2.24) is 15.2 Å². The topological polar surface area (TPSA) is 58.4 Å². The molecule has 5 nitrogen and oxygen atoms in total. The van der Waals surface area contributed by atoms with Crippen LogP contribution in [0, 0.1) is 0 Å². The number of rotatable bonds is 5. The van der Waals surface area contributed by atoms with Crippen LogP contribution in [0.2, 0.25) is 0 Å². The van der Waals surface area contributed by atoms with Crippen molar-refractivity contribution in [1.29, 1.82) is 0 Å². The van der Waals surface area contributed by atoms with E-state index < -0.39 is 0 Å². The fourth-order valence-electron chi connectivity index (χ4n) is 3.46. The van der Waals surface area contributed by atoms with Gasteiger partial charge in [0, 0.05) is 19.0 Å². The molecule has 3 heterocycles. The smallest absolute Gasteiger partial charge is 0.236 e. The van der Waals surface area contributed by atoms with Gasteiger partial charge in [-0.05, 0) is 44.0 Å². The molecule has 2 aromatic heterocycles. The van der Waals surface area contributed by atoms with Crippen molar-refractivity contribution in [3.05, 3.63) is 53.4 Å². The van der Waals surface area contributed by atoms with Gasteiger partial charge in [0.25, 0.3) is 0 Å². The number of likely N-dealkylation sites (tertiary alicyclic amines) is 1. The molecule has 1 aliphatic heterocycles. The second kappa shape index (κ2) is 7.60. The van der Waals surface area contributed by atoms with Gasteiger partial charge < -0.3 is 9.32 Å². The van der Waals surface area contributed by atoms with Crippen LogP contribution < -0.4 is 5.32 Å². The Labute approximate surface area is 157 Å². The fraction of sp³-hybridized carbons (Fsp3) is 0.400. The number of nitrogens with zero attached hydrogens (tertiary/aromatic N) is 2. The van der Waals surface area contributed by atoms with Crippen LogP contribution in [-0.2, 0) is 4.79 Å². The molecular weight excluding hydrogens is 346 g/mol. The lowest BCUT2D eigenvalue weighted by Crippen LogP contribution is -2.43. The maximum absolute atomic E-state index is 12.6. The average molecular weight is 369 g/mol. The zero-order chi connectivity index (χ0) is 17.9. The summed E-state index contributed by atoms with van der Waals surface area (Å²) in [6, 6.07) is 12.1. The number of para-hydroxylation sites is 1. The Morgan fingerprint density at radius 1 is 1.38 bits per heavy atom. The molecule has 136 valence electrons. The van der Waals surface area contributed by atoms with E-state index in [1.165, 1.54) is 4.70 Å². The molecule has 1 amide bonds. The SMILES string of the molecule is C[C@H](NCC(=O)N1CCC[C@@H](c2nc3ccccc3s2)C1)c1ccco1. The largest absolute Gasteiger partial charge is 0.468 e. The Kier molecular flexibility index (Phi) is 5.04. The number of thiazole rings is 1. The van der Waals surface area contributed by atoms with Crippen LogP contribution >= 0.6 is 11.3 Å². The van der Waals surface area contributed by atoms with Gasteiger partial charge in [0.05, 0.1) is 34.1 Å². The highest BCUT2D eigenvalue weighted by molar-refractivity contribution is 7.18. The number of fused-ring (bicyclic) bond motifs is 1. The van der Waals surface area contributed by atoms with E-state index in [1.54, 1.807) is 17.6 Å². The number of carbonyl (C=O) groups excluding carboxylic acids is 1. The summed E-state index contributed by atoms with van der Waals surface area (Å²) in [4.78, 5) is 19.4. The highest BCUT2D eigenvalue weighted by Crippen LogP contribution is 2.32. The van der Waals surface area contributed by atoms with E-state index in [-0.39, 0.29) is 11.9 Å². The lowest BCUT2D eigenvalue weighted by molar-refractivity contribution is -0.131. The van der Waals surface area contributed by atoms with Crippen molar-refractivity contribution in [3.8, 4) is 0 Å². The molecule has 0 unspecified atom stereocenters. The normalized spacial score (nSPS) is 19.0. The van der Waals surface area contributed by atoms with Crippen LogP contribution in [0.4, 0.5) is 0 Å². The van der Waals surface area contributed by atoms with Crippen LogP contribution in [-0.4, -0.2) is 35.4 Å². The minimum absolute atomic E-state index is 0.0267. The Morgan fingerprint density at radius 2 is 2.27 bits per heavy atom. The first-order valence-electron chi connectivity index (χ1n) is 9.11. The van der Waals surface area contributed by atoms with E-state index in [0.29, 0.717) is 12.5 Å². The summed E-state index contributed by atoms with van der Waals surface area (Å²) in [7, 11) is 0. The van der Waals surface area contributed by atoms with Gasteiger partial charge in [0.15, 0.2) is 0 Å². The first-order valence-corrected chi connectivity index (χ1v) is 9.92. The molecule has 0 bridgehead atoms. The molecule has 1 saturated heterocycles. The van der Waals surface area contributed by atoms with Crippen molar-refractivity contribution >= 4 is 27.5 Å². The van der Waals surface area contributed by atoms with E-state index >= 15 is 0 Å². The summed E-state index contributed by atoms with van der Waals surface area (Å²) in [5.41, 5.74) is 1.06. The molecular formula is C20H23N3O2S. The molecule has 2 atom stereocenters. The first kappa shape index (κ1) is 17.2. The van der Waals surface area contributed by atoms with Crippen LogP contribution in [0.3, 0.4) is 0 Å². The van der Waals surface area contributed by atoms with Crippen molar-refractivity contribution < 1.29 is 9.21 Å². The second-order valence-electron chi connectivity index (χ2n) is 6.82. The van der Waals surface area contributed by atoms with E-state index in [0.717, 1.165) is 42.2 Å². The summed E-state index contributed by atoms with van der Waals surface area (Å²) >= 11 is 1.76. The van der Waals surface area contributed by atoms with Crippen LogP contribution in [0.1, 0.15) is 42.5 Å². The number of nitrogens with one attached hydrogen (secondary N) is 1. The quantitative estimate of drug-likeness (QED) is 0.740. The highest BCUT2D eigenvalue weighted by Gasteiger charge is 2.27. The number of hydrogen-bond acceptors (Lipinski definition) is 5. The van der Waals surface area contributed by atoms with Gasteiger partial charge in [0.1, 0.15) is 5.76 Å². The maximum atomic E-state index is 12.6. The molecule has 3 aromatic rings. The molecule has 6 heteroatoms. The molecule has 0 radical (unpaired) electrons. The van der Waals surface area contributed by atoms with E-state index in [9.17, 15) is 4.79 Å². The third-order valence-corrected chi connectivity index (χ3v) is 6.16. The van der Waals surface area contributed by atoms with Crippen LogP contribution in [0.25, 0.3) is 10.2 Å². The van der Waals surface area contributed by atoms with Crippen LogP contribution in [0.15, 0.2) is 47.1 Å². The number of hydrogen-bond donors (Lipinski definition) is 1. The number of benzene rings is 1. The molecule has 0 saturated carbocycles. The average Bonchev–Trinajstić information content (AvgIpc) is 3.35. The zero-order valence-electron chi connectivity index (χ0n) is 14.9. The Bertz CT molecular complexity index is 841. The molecule has 1 aromatic carbocycles. The summed E-state index contributed by atoms with van der Waals surface area (Å²) in [6.45, 7) is 3.92. The molecule has 1 N–H and O–H groups in total. The first-order chi connectivity index (χ1) is 12.7. The number of piperidine rings is 1. The van der Waals surface area contributed by atoms with Crippen molar-refractivity contribution in [3.63, 3.8) is 0 Å². The lowest BCUT2D eigenvalue weighted by Gasteiger charge is -2.32. The van der Waals surface area contributed by atoms with E-state index in [2.05, 4.69) is 17.4 Å². The number of amides is 1. The minimum Gasteiger partial charge on any atom is -0.468 e. The Morgan fingerprint density at radius 3 is 3.08 bits per heavy atom. The van der Waals surface area contributed by atoms with Gasteiger partial charge in [-0.2, -0.15) is 0 Å². The summed E-state index contributed by atoms with van der Waals surface area (Å²) < 4.78 is 6.60. The standard InChI is InChI=1S/C20H23N3O2S/c1-14(17-8-5-11-25-17)21-12-19(24)23-10-4-6-15(13-23)20-22-16-7-2-3-9-18(16)26-20/h2-3,5,7-9,11,14-15,21H,4,6,10,12-13H2,1H3/t14-,15+/m0/s1. The van der Waals surface area contributed by atoms with Crippen molar-refractivity contribution in [2.75, 3.05) is 19.6 Å². The molecule has 1 aliphatic rings. The summed E-state index contributed by atoms with van der Waals surface area (Å²) in [5, 5.41) is 4.41. The second-order valence-corrected chi connectivity index (χ2v) is 7.88. The third-order valence-electron chi connectivity index (χ3n) is 4.96. The van der Waals surface area contributed by atoms with Crippen molar-refractivity contribution in [2.24, 2.45) is 0 Å². The molecule has 26 heavy (non-hydrogen) atoms. The van der Waals surface area contributed by atoms with E-state index in [4.69, 9.17) is 9.40 Å². The predicted octanol–water partition coefficient (Wildman–Crippen LogP) is 3.95. The molecule has 0 spiro atoms. The molecule has 4 rings (SSSR count). The zero-order valence-corrected chi connectivity index (χ0v) is 15.7. The van der Waals surface area contributed by atoms with E-state index in [1.807, 2.05) is 36.1 Å². The number of furan rings is 1. The minimum atomic E-state index is 0.0267. The Balaban J connectivity index is 1.37. The summed E-state index contributed by atoms with van der Waals surface area (Å²) in [6.07, 6.45) is 3.78. The third kappa shape index (κ3) is 3.66. The predicted molar refractivity (Wildman–Crippen MR) is 103 cm³/mol. The van der Waals surface area contributed by atoms with Crippen LogP contribution in [0.5, 0.6) is 0 Å². The van der Waals surface area contributed by atoms with Gasteiger partial charge in [-0.3, -0.25) is 10.1 Å². The highest BCUT2D eigenvalue weighted by atomic mass is 32.1. The molecule has 1 fully saturated rings. The summed E-state index contributed by atoms with van der Waals surface area (Å²) in [5.74, 6) is 1.34. The Hall–Kier alpha value is -2.18. The number of aromatic nitrogens is 1. The van der Waals surface area contributed by atoms with Gasteiger partial charge in [-0.1, -0.05) is 12.1 Å². The monoisotopic (exact) mass is 369 g/mol. The van der Waals surface area contributed by atoms with Gasteiger partial charge in [-0.15, -0.1) is 11.3 Å². The number of carbonyl (C=O) groups is 1. The van der Waals surface area contributed by atoms with Crippen molar-refractivity contribution in [2.45, 2.75) is 31.7 Å². The maximum Gasteiger partial charge on any atom is 0.236 e. The molecule has 0 aliphatic carbocycles. The fourth-order valence-corrected chi connectivity index (χ4v) is 4.55.